The molecular weight excluding hydrogens is 308 g/mol. The second kappa shape index (κ2) is 7.10. The minimum atomic E-state index is -0.831. The van der Waals surface area contributed by atoms with Gasteiger partial charge in [-0.3, -0.25) is 4.79 Å². The zero-order chi connectivity index (χ0) is 16.9. The Hall–Kier alpha value is -2.93. The number of carbonyl (C=O) groups excluding carboxylic acids is 1. The van der Waals surface area contributed by atoms with E-state index in [1.54, 1.807) is 30.0 Å². The lowest BCUT2D eigenvalue weighted by Crippen LogP contribution is -2.16. The standard InChI is InChI=1S/C17H18N4O3/c1-12-11-14(20-24-12)19-15(22)7-9-21-10-8-18-17(21)16(23)13-5-3-2-4-6-13/h2-6,8,10-11,16,23H,7,9H2,1H3,(H,19,20,22)/t16-/m0/s1. The van der Waals surface area contributed by atoms with Gasteiger partial charge in [0.1, 0.15) is 17.7 Å². The van der Waals surface area contributed by atoms with E-state index in [1.165, 1.54) is 0 Å². The molecule has 0 bridgehead atoms. The van der Waals surface area contributed by atoms with Gasteiger partial charge < -0.3 is 19.5 Å². The van der Waals surface area contributed by atoms with E-state index < -0.39 is 6.10 Å². The quantitative estimate of drug-likeness (QED) is 0.725. The molecule has 7 heteroatoms. The summed E-state index contributed by atoms with van der Waals surface area (Å²) in [6.07, 6.45) is 2.76. The van der Waals surface area contributed by atoms with Crippen LogP contribution >= 0.6 is 0 Å². The van der Waals surface area contributed by atoms with Gasteiger partial charge in [0.25, 0.3) is 0 Å². The smallest absolute Gasteiger partial charge is 0.227 e. The average Bonchev–Trinajstić information content (AvgIpc) is 3.22. The molecule has 0 saturated carbocycles. The van der Waals surface area contributed by atoms with E-state index in [0.717, 1.165) is 5.56 Å². The lowest BCUT2D eigenvalue weighted by molar-refractivity contribution is -0.116. The molecule has 24 heavy (non-hydrogen) atoms. The maximum Gasteiger partial charge on any atom is 0.227 e. The fourth-order valence-corrected chi connectivity index (χ4v) is 2.39. The van der Waals surface area contributed by atoms with Crippen LogP contribution in [0.4, 0.5) is 5.82 Å². The molecule has 2 N–H and O–H groups in total. The number of benzene rings is 1. The number of nitrogens with one attached hydrogen (secondary N) is 1. The molecule has 1 atom stereocenters. The summed E-state index contributed by atoms with van der Waals surface area (Å²) in [6, 6.07) is 10.9. The van der Waals surface area contributed by atoms with Gasteiger partial charge in [0, 0.05) is 31.4 Å². The summed E-state index contributed by atoms with van der Waals surface area (Å²) in [7, 11) is 0. The molecule has 1 aromatic carbocycles. The first-order valence-electron chi connectivity index (χ1n) is 7.60. The average molecular weight is 326 g/mol. The molecule has 1 amide bonds. The van der Waals surface area contributed by atoms with Crippen molar-refractivity contribution < 1.29 is 14.4 Å². The van der Waals surface area contributed by atoms with Crippen molar-refractivity contribution in [1.82, 2.24) is 14.7 Å². The zero-order valence-electron chi connectivity index (χ0n) is 13.2. The van der Waals surface area contributed by atoms with Crippen LogP contribution < -0.4 is 5.32 Å². The topological polar surface area (TPSA) is 93.2 Å². The second-order valence-corrected chi connectivity index (χ2v) is 5.41. The number of amides is 1. The number of aromatic nitrogens is 3. The molecule has 0 aliphatic carbocycles. The summed E-state index contributed by atoms with van der Waals surface area (Å²) >= 11 is 0. The third-order valence-corrected chi connectivity index (χ3v) is 3.58. The van der Waals surface area contributed by atoms with Crippen molar-refractivity contribution in [2.45, 2.75) is 26.0 Å². The van der Waals surface area contributed by atoms with Gasteiger partial charge in [-0.25, -0.2) is 4.98 Å². The lowest BCUT2D eigenvalue weighted by atomic mass is 10.1. The monoisotopic (exact) mass is 326 g/mol. The minimum absolute atomic E-state index is 0.183. The van der Waals surface area contributed by atoms with Crippen LogP contribution in [0.15, 0.2) is 53.3 Å². The van der Waals surface area contributed by atoms with Crippen molar-refractivity contribution >= 4 is 11.7 Å². The zero-order valence-corrected chi connectivity index (χ0v) is 13.2. The molecule has 0 aliphatic rings. The summed E-state index contributed by atoms with van der Waals surface area (Å²) in [5, 5.41) is 16.8. The predicted octanol–water partition coefficient (Wildman–Crippen LogP) is 2.29. The highest BCUT2D eigenvalue weighted by atomic mass is 16.5. The molecular formula is C17H18N4O3. The molecule has 2 heterocycles. The number of carbonyl (C=O) groups is 1. The normalized spacial score (nSPS) is 12.1. The van der Waals surface area contributed by atoms with E-state index in [1.807, 2.05) is 30.3 Å². The van der Waals surface area contributed by atoms with Crippen LogP contribution in [0.5, 0.6) is 0 Å². The number of hydrogen-bond donors (Lipinski definition) is 2. The molecule has 0 aliphatic heterocycles. The Morgan fingerprint density at radius 2 is 2.17 bits per heavy atom. The maximum atomic E-state index is 12.0. The molecule has 0 saturated heterocycles. The van der Waals surface area contributed by atoms with Crippen LogP contribution in [0.25, 0.3) is 0 Å². The van der Waals surface area contributed by atoms with Gasteiger partial charge >= 0.3 is 0 Å². The predicted molar refractivity (Wildman–Crippen MR) is 87.2 cm³/mol. The Balaban J connectivity index is 1.62. The molecule has 2 aromatic heterocycles. The summed E-state index contributed by atoms with van der Waals surface area (Å²) in [6.45, 7) is 2.16. The highest BCUT2D eigenvalue weighted by Crippen LogP contribution is 2.20. The maximum absolute atomic E-state index is 12.0. The Morgan fingerprint density at radius 3 is 2.88 bits per heavy atom. The van der Waals surface area contributed by atoms with Crippen LogP contribution in [-0.4, -0.2) is 25.7 Å². The van der Waals surface area contributed by atoms with Crippen molar-refractivity contribution in [3.63, 3.8) is 0 Å². The van der Waals surface area contributed by atoms with Gasteiger partial charge in [-0.2, -0.15) is 0 Å². The van der Waals surface area contributed by atoms with Crippen molar-refractivity contribution in [2.75, 3.05) is 5.32 Å². The van der Waals surface area contributed by atoms with E-state index in [9.17, 15) is 9.90 Å². The minimum Gasteiger partial charge on any atom is -0.380 e. The van der Waals surface area contributed by atoms with E-state index in [-0.39, 0.29) is 12.3 Å². The van der Waals surface area contributed by atoms with E-state index in [2.05, 4.69) is 15.5 Å². The SMILES string of the molecule is Cc1cc(NC(=O)CCn2ccnc2[C@@H](O)c2ccccc2)no1. The molecule has 0 spiro atoms. The number of hydrogen-bond acceptors (Lipinski definition) is 5. The lowest BCUT2D eigenvalue weighted by Gasteiger charge is -2.13. The van der Waals surface area contributed by atoms with Crippen LogP contribution in [0.1, 0.15) is 29.7 Å². The number of aliphatic hydroxyl groups excluding tert-OH is 1. The summed E-state index contributed by atoms with van der Waals surface area (Å²) in [4.78, 5) is 16.2. The Bertz CT molecular complexity index is 810. The second-order valence-electron chi connectivity index (χ2n) is 5.41. The van der Waals surface area contributed by atoms with Crippen LogP contribution in [0.2, 0.25) is 0 Å². The molecule has 124 valence electrons. The van der Waals surface area contributed by atoms with E-state index in [4.69, 9.17) is 4.52 Å². The first-order valence-corrected chi connectivity index (χ1v) is 7.60. The Labute approximate surface area is 138 Å². The highest BCUT2D eigenvalue weighted by molar-refractivity contribution is 5.89. The number of imidazole rings is 1. The van der Waals surface area contributed by atoms with Gasteiger partial charge in [-0.05, 0) is 12.5 Å². The van der Waals surface area contributed by atoms with Crippen molar-refractivity contribution in [1.29, 1.82) is 0 Å². The number of aliphatic hydroxyl groups is 1. The number of nitrogens with zero attached hydrogens (tertiary/aromatic N) is 3. The van der Waals surface area contributed by atoms with Crippen molar-refractivity contribution in [3.8, 4) is 0 Å². The van der Waals surface area contributed by atoms with Gasteiger partial charge in [0.2, 0.25) is 5.91 Å². The molecule has 0 radical (unpaired) electrons. The van der Waals surface area contributed by atoms with Crippen LogP contribution in [0.3, 0.4) is 0 Å². The third kappa shape index (κ3) is 3.69. The molecule has 7 nitrogen and oxygen atoms in total. The fourth-order valence-electron chi connectivity index (χ4n) is 2.39. The summed E-state index contributed by atoms with van der Waals surface area (Å²) in [5.41, 5.74) is 0.757. The first-order chi connectivity index (χ1) is 11.6. The van der Waals surface area contributed by atoms with Crippen LogP contribution in [0, 0.1) is 6.92 Å². The van der Waals surface area contributed by atoms with Gasteiger partial charge in [-0.1, -0.05) is 35.5 Å². The number of rotatable bonds is 6. The molecule has 3 rings (SSSR count). The molecule has 0 unspecified atom stereocenters. The number of aryl methyl sites for hydroxylation is 2. The van der Waals surface area contributed by atoms with Gasteiger partial charge in [0.15, 0.2) is 5.82 Å². The Kier molecular flexibility index (Phi) is 4.72. The first kappa shape index (κ1) is 15.9. The van der Waals surface area contributed by atoms with E-state index in [0.29, 0.717) is 23.9 Å². The van der Waals surface area contributed by atoms with E-state index >= 15 is 0 Å². The van der Waals surface area contributed by atoms with Gasteiger partial charge in [-0.15, -0.1) is 0 Å². The fraction of sp³-hybridized carbons (Fsp3) is 0.235. The highest BCUT2D eigenvalue weighted by Gasteiger charge is 2.16. The van der Waals surface area contributed by atoms with Crippen LogP contribution in [-0.2, 0) is 11.3 Å². The van der Waals surface area contributed by atoms with Gasteiger partial charge in [0.05, 0.1) is 0 Å². The summed E-state index contributed by atoms with van der Waals surface area (Å²) in [5.74, 6) is 1.35. The molecule has 0 fully saturated rings. The number of anilines is 1. The van der Waals surface area contributed by atoms with Crippen molar-refractivity contribution in [3.05, 3.63) is 65.9 Å². The largest absolute Gasteiger partial charge is 0.380 e. The third-order valence-electron chi connectivity index (χ3n) is 3.58. The summed E-state index contributed by atoms with van der Waals surface area (Å²) < 4.78 is 6.67. The van der Waals surface area contributed by atoms with Crippen molar-refractivity contribution in [2.24, 2.45) is 0 Å². The Morgan fingerprint density at radius 1 is 1.38 bits per heavy atom. The molecule has 3 aromatic rings.